The zero-order chi connectivity index (χ0) is 15.7. The van der Waals surface area contributed by atoms with Crippen LogP contribution in [0.3, 0.4) is 0 Å². The van der Waals surface area contributed by atoms with E-state index in [4.69, 9.17) is 0 Å². The van der Waals surface area contributed by atoms with Crippen molar-refractivity contribution in [1.29, 1.82) is 0 Å². The summed E-state index contributed by atoms with van der Waals surface area (Å²) in [5.41, 5.74) is 0. The molecule has 0 aliphatic heterocycles. The highest BCUT2D eigenvalue weighted by Crippen LogP contribution is 1.93. The maximum absolute atomic E-state index is 11.0. The topological polar surface area (TPSA) is 121 Å². The van der Waals surface area contributed by atoms with Crippen LogP contribution < -0.4 is 0 Å². The third kappa shape index (κ3) is 9.40. The molecule has 0 bridgehead atoms. The summed E-state index contributed by atoms with van der Waals surface area (Å²) in [5, 5.41) is 0. The van der Waals surface area contributed by atoms with Gasteiger partial charge in [-0.25, -0.2) is 9.59 Å². The van der Waals surface area contributed by atoms with E-state index in [9.17, 15) is 28.8 Å². The Bertz CT molecular complexity index is 442. The summed E-state index contributed by atoms with van der Waals surface area (Å²) in [5.74, 6) is -5.47. The van der Waals surface area contributed by atoms with Crippen LogP contribution in [0.15, 0.2) is 12.2 Å². The molecule has 0 heterocycles. The van der Waals surface area contributed by atoms with Gasteiger partial charge in [0.2, 0.25) is 0 Å². The second-order valence-electron chi connectivity index (χ2n) is 3.68. The fourth-order valence-electron chi connectivity index (χ4n) is 0.907. The monoisotopic (exact) mass is 284 g/mol. The molecule has 0 amide bonds. The van der Waals surface area contributed by atoms with E-state index in [1.165, 1.54) is 0 Å². The molecule has 8 heteroatoms. The van der Waals surface area contributed by atoms with Gasteiger partial charge in [0.05, 0.1) is 0 Å². The fraction of sp³-hybridized carbons (Fsp3) is 0.333. The zero-order valence-corrected chi connectivity index (χ0v) is 10.8. The van der Waals surface area contributed by atoms with E-state index < -0.39 is 48.3 Å². The Balaban J connectivity index is 4.21. The van der Waals surface area contributed by atoms with E-state index >= 15 is 0 Å². The van der Waals surface area contributed by atoms with Crippen LogP contribution in [-0.2, 0) is 38.2 Å². The Morgan fingerprint density at radius 2 is 1.00 bits per heavy atom. The van der Waals surface area contributed by atoms with E-state index in [1.807, 2.05) is 0 Å². The zero-order valence-electron chi connectivity index (χ0n) is 10.8. The average molecular weight is 284 g/mol. The Kier molecular flexibility index (Phi) is 7.34. The van der Waals surface area contributed by atoms with Crippen molar-refractivity contribution in [2.75, 3.05) is 0 Å². The van der Waals surface area contributed by atoms with Gasteiger partial charge in [-0.3, -0.25) is 19.2 Å². The van der Waals surface area contributed by atoms with E-state index in [1.54, 1.807) is 0 Å². The number of hydrogen-bond acceptors (Lipinski definition) is 8. The first kappa shape index (κ1) is 17.4. The molecule has 0 saturated heterocycles. The first-order chi connectivity index (χ1) is 9.20. The van der Waals surface area contributed by atoms with Crippen LogP contribution in [0.25, 0.3) is 0 Å². The highest BCUT2D eigenvalue weighted by Gasteiger charge is 2.12. The van der Waals surface area contributed by atoms with Crippen LogP contribution in [0.5, 0.6) is 0 Å². The third-order valence-corrected chi connectivity index (χ3v) is 1.57. The molecule has 0 rings (SSSR count). The molecule has 0 aliphatic rings. The Morgan fingerprint density at radius 1 is 0.700 bits per heavy atom. The normalized spacial score (nSPS) is 9.90. The predicted octanol–water partition coefficient (Wildman–Crippen LogP) is -0.360. The van der Waals surface area contributed by atoms with Crippen LogP contribution in [0, 0.1) is 0 Å². The minimum absolute atomic E-state index is 0.485. The van der Waals surface area contributed by atoms with Crippen molar-refractivity contribution >= 4 is 35.4 Å². The summed E-state index contributed by atoms with van der Waals surface area (Å²) in [4.78, 5) is 64.9. The standard InChI is InChI=1S/C12H12O8/c1-7(13)5-11(17)19-9(15)3-4-10(16)20-12(18)6-8(2)14/h3-4H,5-6H2,1-2H3/b4-3+. The number of hydrogen-bond donors (Lipinski definition) is 0. The van der Waals surface area contributed by atoms with Gasteiger partial charge in [0.25, 0.3) is 0 Å². The quantitative estimate of drug-likeness (QED) is 0.368. The lowest BCUT2D eigenvalue weighted by Gasteiger charge is -1.98. The second-order valence-corrected chi connectivity index (χ2v) is 3.68. The number of ketones is 2. The SMILES string of the molecule is CC(=O)CC(=O)OC(=O)/C=C/C(=O)OC(=O)CC(C)=O. The lowest BCUT2D eigenvalue weighted by Crippen LogP contribution is -2.15. The molecule has 20 heavy (non-hydrogen) atoms. The molecule has 0 aromatic rings. The molecule has 8 nitrogen and oxygen atoms in total. The van der Waals surface area contributed by atoms with Gasteiger partial charge in [0.15, 0.2) is 0 Å². The van der Waals surface area contributed by atoms with Gasteiger partial charge in [-0.1, -0.05) is 0 Å². The molecule has 0 N–H and O–H groups in total. The molecular formula is C12H12O8. The van der Waals surface area contributed by atoms with Crippen molar-refractivity contribution in [3.63, 3.8) is 0 Å². The molecule has 0 atom stereocenters. The van der Waals surface area contributed by atoms with Crippen molar-refractivity contribution in [2.45, 2.75) is 26.7 Å². The number of carbonyl (C=O) groups is 6. The average Bonchev–Trinajstić information content (AvgIpc) is 2.23. The van der Waals surface area contributed by atoms with Crippen molar-refractivity contribution in [3.8, 4) is 0 Å². The number of rotatable bonds is 6. The Labute approximate surface area is 113 Å². The third-order valence-electron chi connectivity index (χ3n) is 1.57. The summed E-state index contributed by atoms with van der Waals surface area (Å²) in [6, 6.07) is 0. The van der Waals surface area contributed by atoms with Gasteiger partial charge >= 0.3 is 23.9 Å². The summed E-state index contributed by atoms with van der Waals surface area (Å²) < 4.78 is 8.30. The minimum atomic E-state index is -1.19. The van der Waals surface area contributed by atoms with E-state index in [0.29, 0.717) is 12.2 Å². The van der Waals surface area contributed by atoms with Crippen LogP contribution in [0.2, 0.25) is 0 Å². The van der Waals surface area contributed by atoms with E-state index in [-0.39, 0.29) is 0 Å². The summed E-state index contributed by atoms with van der Waals surface area (Å²) in [7, 11) is 0. The molecule has 0 saturated carbocycles. The van der Waals surface area contributed by atoms with Gasteiger partial charge in [0, 0.05) is 12.2 Å². The summed E-state index contributed by atoms with van der Waals surface area (Å²) >= 11 is 0. The maximum atomic E-state index is 11.0. The maximum Gasteiger partial charge on any atom is 0.338 e. The lowest BCUT2D eigenvalue weighted by atomic mass is 10.3. The van der Waals surface area contributed by atoms with Crippen LogP contribution in [-0.4, -0.2) is 35.4 Å². The smallest absolute Gasteiger partial charge is 0.338 e. The van der Waals surface area contributed by atoms with Crippen LogP contribution >= 0.6 is 0 Å². The first-order valence-corrected chi connectivity index (χ1v) is 5.37. The van der Waals surface area contributed by atoms with Crippen molar-refractivity contribution in [1.82, 2.24) is 0 Å². The molecule has 108 valence electrons. The first-order valence-electron chi connectivity index (χ1n) is 5.37. The molecule has 0 spiro atoms. The van der Waals surface area contributed by atoms with Crippen LogP contribution in [0.1, 0.15) is 26.7 Å². The van der Waals surface area contributed by atoms with E-state index in [2.05, 4.69) is 9.47 Å². The van der Waals surface area contributed by atoms with Gasteiger partial charge < -0.3 is 9.47 Å². The van der Waals surface area contributed by atoms with Crippen molar-refractivity contribution in [2.24, 2.45) is 0 Å². The van der Waals surface area contributed by atoms with Gasteiger partial charge in [-0.2, -0.15) is 0 Å². The molecule has 0 aromatic heterocycles. The fourth-order valence-corrected chi connectivity index (χ4v) is 0.907. The van der Waals surface area contributed by atoms with Gasteiger partial charge in [0.1, 0.15) is 24.4 Å². The number of ether oxygens (including phenoxy) is 2. The molecule has 0 aromatic carbocycles. The van der Waals surface area contributed by atoms with Crippen molar-refractivity contribution in [3.05, 3.63) is 12.2 Å². The van der Waals surface area contributed by atoms with Gasteiger partial charge in [-0.05, 0) is 13.8 Å². The molecule has 0 unspecified atom stereocenters. The highest BCUT2D eigenvalue weighted by molar-refractivity contribution is 6.04. The van der Waals surface area contributed by atoms with E-state index in [0.717, 1.165) is 13.8 Å². The largest absolute Gasteiger partial charge is 0.390 e. The summed E-state index contributed by atoms with van der Waals surface area (Å²) in [6.45, 7) is 2.28. The lowest BCUT2D eigenvalue weighted by molar-refractivity contribution is -0.159. The van der Waals surface area contributed by atoms with Gasteiger partial charge in [-0.15, -0.1) is 0 Å². The second kappa shape index (κ2) is 8.46. The Hall–Kier alpha value is -2.64. The molecule has 0 fully saturated rings. The summed E-state index contributed by atoms with van der Waals surface area (Å²) in [6.07, 6.45) is -0.0227. The van der Waals surface area contributed by atoms with Crippen molar-refractivity contribution < 1.29 is 38.2 Å². The number of esters is 4. The molecule has 0 radical (unpaired) electrons. The number of Topliss-reactive ketones (excluding diaryl/α,β-unsaturated/α-hetero) is 2. The predicted molar refractivity (Wildman–Crippen MR) is 61.9 cm³/mol. The van der Waals surface area contributed by atoms with Crippen LogP contribution in [0.4, 0.5) is 0 Å². The minimum Gasteiger partial charge on any atom is -0.390 e. The molecular weight excluding hydrogens is 272 g/mol. The highest BCUT2D eigenvalue weighted by atomic mass is 16.6. The number of carbonyl (C=O) groups excluding carboxylic acids is 6. The molecule has 0 aliphatic carbocycles. The Morgan fingerprint density at radius 3 is 1.25 bits per heavy atom.